The Morgan fingerprint density at radius 1 is 0.455 bits per heavy atom. The molecular weight excluding hydrogens is 1730 g/mol. The number of phenolic OH excluding ortho intramolecular Hbond substituents is 1. The van der Waals surface area contributed by atoms with Crippen LogP contribution in [0.25, 0.3) is 21.8 Å². The number of rotatable bonds is 27. The highest BCUT2D eigenvalue weighted by Gasteiger charge is 2.47. The summed E-state index contributed by atoms with van der Waals surface area (Å²) in [5, 5.41) is 58.3. The zero-order chi connectivity index (χ0) is 96.0. The number of nitrogens with zero attached hydrogens (tertiary/aromatic N) is 5. The molecule has 4 fully saturated rings. The first-order valence-corrected chi connectivity index (χ1v) is 46.1. The fourth-order valence-corrected chi connectivity index (χ4v) is 17.9. The van der Waals surface area contributed by atoms with E-state index < -0.39 is 235 Å². The Balaban J connectivity index is 1.09. The summed E-state index contributed by atoms with van der Waals surface area (Å²) in [6, 6.07) is -1.40. The van der Waals surface area contributed by atoms with Crippen molar-refractivity contribution >= 4 is 140 Å². The van der Waals surface area contributed by atoms with E-state index in [1.54, 1.807) is 60.9 Å². The fourth-order valence-electron chi connectivity index (χ4n) is 17.1. The van der Waals surface area contributed by atoms with Crippen molar-refractivity contribution in [2.75, 3.05) is 71.4 Å². The first-order chi connectivity index (χ1) is 63.2. The van der Waals surface area contributed by atoms with Gasteiger partial charge in [-0.2, -0.15) is 0 Å². The molecule has 9 rings (SSSR count). The molecule has 0 bridgehead atoms. The molecule has 5 aromatic rings. The summed E-state index contributed by atoms with van der Waals surface area (Å²) in [6.45, 7) is 1.98. The van der Waals surface area contributed by atoms with Crippen LogP contribution in [0.2, 0.25) is 0 Å². The van der Waals surface area contributed by atoms with Gasteiger partial charge in [0, 0.05) is 106 Å². The number of thioether (sulfide) groups is 1. The first-order valence-electron chi connectivity index (χ1n) is 44.9. The normalized spacial score (nSPS) is 24.9. The van der Waals surface area contributed by atoms with Crippen LogP contribution in [0, 0.1) is 0 Å². The number of H-pyrrole nitrogens is 2. The molecule has 0 saturated carbocycles. The third kappa shape index (κ3) is 28.1. The number of fused-ring (bicyclic) bond motifs is 5. The molecule has 3 aromatic carbocycles. The van der Waals surface area contributed by atoms with Crippen LogP contribution in [0.1, 0.15) is 153 Å². The van der Waals surface area contributed by atoms with Gasteiger partial charge in [-0.15, -0.1) is 11.8 Å². The van der Waals surface area contributed by atoms with Gasteiger partial charge < -0.3 is 126 Å². The quantitative estimate of drug-likeness (QED) is 0.0267. The average Bonchev–Trinajstić information content (AvgIpc) is 1.79. The minimum atomic E-state index is -1.88. The lowest BCUT2D eigenvalue weighted by molar-refractivity contribution is -0.149. The molecule has 0 spiro atoms. The lowest BCUT2D eigenvalue weighted by Gasteiger charge is -2.36. The lowest BCUT2D eigenvalue weighted by Crippen LogP contribution is -2.61. The zero-order valence-electron chi connectivity index (χ0n) is 74.7. The number of carboxylic acids is 2. The Kier molecular flexibility index (Phi) is 39.0. The van der Waals surface area contributed by atoms with Gasteiger partial charge in [0.1, 0.15) is 90.3 Å². The molecule has 4 saturated heterocycles. The second kappa shape index (κ2) is 50.0. The van der Waals surface area contributed by atoms with Gasteiger partial charge in [-0.1, -0.05) is 88.1 Å². The third-order valence-corrected chi connectivity index (χ3v) is 25.3. The molecule has 1 unspecified atom stereocenters. The van der Waals surface area contributed by atoms with Crippen LogP contribution in [0.15, 0.2) is 85.2 Å². The highest BCUT2D eigenvalue weighted by atomic mass is 32.2. The topological polar surface area (TPSA) is 640 Å². The first kappa shape index (κ1) is 103. The number of hydrogen-bond acceptors (Lipinski definition) is 23. The summed E-state index contributed by atoms with van der Waals surface area (Å²) in [5.74, 6) is -18.6. The van der Waals surface area contributed by atoms with Crippen LogP contribution >= 0.6 is 11.8 Å². The zero-order valence-corrected chi connectivity index (χ0v) is 75.5. The number of aromatic amines is 2. The minimum Gasteiger partial charge on any atom is -0.508 e. The number of aromatic hydroxyl groups is 1. The van der Waals surface area contributed by atoms with Crippen molar-refractivity contribution in [2.45, 2.75) is 240 Å². The second-order valence-electron chi connectivity index (χ2n) is 33.7. The van der Waals surface area contributed by atoms with E-state index >= 15 is 38.4 Å². The molecule has 42 nitrogen and oxygen atoms in total. The predicted octanol–water partition coefficient (Wildman–Crippen LogP) is -2.12. The van der Waals surface area contributed by atoms with E-state index in [2.05, 4.69) is 63.1 Å². The van der Waals surface area contributed by atoms with E-state index in [0.29, 0.717) is 64.2 Å². The molecule has 4 aliphatic rings. The number of benzene rings is 3. The van der Waals surface area contributed by atoms with Crippen LogP contribution < -0.4 is 76.1 Å². The summed E-state index contributed by atoms with van der Waals surface area (Å²) < 4.78 is 0. The van der Waals surface area contributed by atoms with Crippen LogP contribution in [-0.2, 0) is 106 Å². The summed E-state index contributed by atoms with van der Waals surface area (Å²) >= 11 is 0.786. The van der Waals surface area contributed by atoms with Crippen LogP contribution in [0.5, 0.6) is 5.75 Å². The van der Waals surface area contributed by atoms with Crippen LogP contribution in [0.3, 0.4) is 0 Å². The molecule has 14 atom stereocenters. The Bertz CT molecular complexity index is 4950. The van der Waals surface area contributed by atoms with E-state index in [1.165, 1.54) is 48.2 Å². The molecule has 6 heterocycles. The number of nitrogens with two attached hydrogens (primary N) is 4. The Labute approximate surface area is 767 Å². The summed E-state index contributed by atoms with van der Waals surface area (Å²) in [4.78, 5) is 273. The van der Waals surface area contributed by atoms with Crippen molar-refractivity contribution < 1.29 is 102 Å². The number of carboxylic acid groups (broad SMARTS) is 2. The Morgan fingerprint density at radius 2 is 0.894 bits per heavy atom. The number of hydrogen-bond donors (Lipinski definition) is 19. The average molecular weight is 1860 g/mol. The Morgan fingerprint density at radius 3 is 1.41 bits per heavy atom. The molecule has 718 valence electrons. The number of carbonyl (C=O) groups excluding carboxylic acids is 16. The molecule has 0 radical (unpaired) electrons. The number of unbranched alkanes of at least 4 members (excludes halogenated alkanes) is 2. The highest BCUT2D eigenvalue weighted by molar-refractivity contribution is 8.00. The van der Waals surface area contributed by atoms with Crippen molar-refractivity contribution in [1.29, 1.82) is 0 Å². The van der Waals surface area contributed by atoms with E-state index in [-0.39, 0.29) is 135 Å². The summed E-state index contributed by atoms with van der Waals surface area (Å²) in [7, 11) is 2.77. The van der Waals surface area contributed by atoms with E-state index in [1.807, 2.05) is 13.8 Å². The number of likely N-dealkylation sites (N-methyl/N-ethyl adjacent to an activating group) is 2. The van der Waals surface area contributed by atoms with Crippen molar-refractivity contribution in [2.24, 2.45) is 22.9 Å². The van der Waals surface area contributed by atoms with Gasteiger partial charge in [-0.05, 0) is 138 Å². The standard InChI is InChI=1S/C89H125N21O21S/c1-5-7-24-67-81(123)99-59(23-14-36-91)78(120)105-66(76(118)96-47-72(93)112)48-132-49-73(113)97-62(40-50-29-31-53(111)32-30-50)87(129)109-38-16-27-69(109)83(125)103-64(43-75(116)117)88(130)110-39-17-28-70(110)84(126)104-65(44-92)80(122)100-60(33-34-74(114)115)86(128)108-37-15-26-68(108)82(124)101-61(41-51-45-94-56-20-11-9-18-54(51)56)79(121)98-58(22-13-35-90)77(119)102-63(42-52-46-95-57-21-12-10-19-55(52)57)85(127)107(4)71(25-8-6-2)89(131)106(67)3/h9-12,18-21,29-32,45-46,58-71,94-95,111H,5-8,13-17,22-28,33-44,47-49,90-92H2,1-4H3,(H2,93,112)(H,96,118)(H,97,113)(H,98,121)(H,99,123)(H,100,122)(H,101,124)(H,102,119)(H,103,125)(H,104,126)(H,105,120)(H,114,115)(H,116,117)/t58-,59-,60-,61-,62-,63-,64?,65-,66-,67-,68-,69-,70-,71-/m0/s1. The molecule has 0 aliphatic carbocycles. The van der Waals surface area contributed by atoms with Gasteiger partial charge >= 0.3 is 11.9 Å². The van der Waals surface area contributed by atoms with E-state index in [4.69, 9.17) is 22.9 Å². The maximum atomic E-state index is 15.8. The lowest BCUT2D eigenvalue weighted by atomic mass is 9.99. The number of aromatic nitrogens is 2. The minimum absolute atomic E-state index is 0.00505. The molecule has 2 aromatic heterocycles. The third-order valence-electron chi connectivity index (χ3n) is 24.2. The molecule has 132 heavy (non-hydrogen) atoms. The predicted molar refractivity (Wildman–Crippen MR) is 484 cm³/mol. The number of carbonyl (C=O) groups is 18. The summed E-state index contributed by atoms with van der Waals surface area (Å²) in [5.41, 5.74) is 26.6. The summed E-state index contributed by atoms with van der Waals surface area (Å²) in [6.07, 6.45) is 2.47. The second-order valence-corrected chi connectivity index (χ2v) is 34.7. The van der Waals surface area contributed by atoms with Crippen molar-refractivity contribution in [1.82, 2.24) is 87.6 Å². The van der Waals surface area contributed by atoms with Crippen molar-refractivity contribution in [3.05, 3.63) is 102 Å². The van der Waals surface area contributed by atoms with Gasteiger partial charge in [0.05, 0.1) is 18.7 Å². The smallest absolute Gasteiger partial charge is 0.305 e. The van der Waals surface area contributed by atoms with Gasteiger partial charge in [0.15, 0.2) is 0 Å². The Hall–Kier alpha value is -12.8. The molecule has 4 aliphatic heterocycles. The van der Waals surface area contributed by atoms with Gasteiger partial charge in [-0.3, -0.25) is 86.3 Å². The van der Waals surface area contributed by atoms with Gasteiger partial charge in [0.2, 0.25) is 94.5 Å². The highest BCUT2D eigenvalue weighted by Crippen LogP contribution is 2.29. The van der Waals surface area contributed by atoms with E-state index in [0.717, 1.165) is 26.5 Å². The molecular formula is C89H125N21O21S. The largest absolute Gasteiger partial charge is 0.508 e. The van der Waals surface area contributed by atoms with Crippen molar-refractivity contribution in [3.8, 4) is 5.75 Å². The molecule has 23 N–H and O–H groups in total. The monoisotopic (exact) mass is 1860 g/mol. The maximum Gasteiger partial charge on any atom is 0.305 e. The van der Waals surface area contributed by atoms with Crippen molar-refractivity contribution in [3.63, 3.8) is 0 Å². The molecule has 43 heteroatoms. The molecule has 16 amide bonds. The number of amides is 16. The van der Waals surface area contributed by atoms with E-state index in [9.17, 15) is 63.3 Å². The van der Waals surface area contributed by atoms with Gasteiger partial charge in [0.25, 0.3) is 0 Å². The number of nitrogens with one attached hydrogen (secondary N) is 12. The number of primary amides is 1. The maximum absolute atomic E-state index is 15.8. The van der Waals surface area contributed by atoms with Gasteiger partial charge in [-0.25, -0.2) is 0 Å². The number of aliphatic carboxylic acids is 2. The number of phenols is 1. The SMILES string of the molecule is CCCC[C@H]1C(=O)N(C)[C@@H](CCCC)C(=O)N[C@@H](CCCN)C(=O)N[C@H](C(=O)NCC(N)=O)CSCC(=O)N[C@@H](Cc2ccc(O)cc2)C(=O)N2CCC[C@H]2C(=O)NC(CC(=O)O)C(=O)N2CCC[C@H]2C(=O)N[C@@H](CN)C(=O)N[C@@H](CCC(=O)O)C(=O)N2CCC[C@H]2C(=O)N[C@@H](Cc2c[nH]c3ccccc23)C(=O)N[C@@H](CCCN)C(=O)N[C@@H](Cc2c[nH]c3ccccc23)C(=O)N1C. The van der Waals surface area contributed by atoms with Crippen LogP contribution in [-0.4, -0.2) is 312 Å². The fraction of sp³-hybridized carbons (Fsp3) is 0.551. The van der Waals surface area contributed by atoms with Crippen LogP contribution in [0.4, 0.5) is 0 Å². The number of para-hydroxylation sites is 2.